The van der Waals surface area contributed by atoms with E-state index in [-0.39, 0.29) is 0 Å². The first kappa shape index (κ1) is 19.2. The number of rotatable bonds is 7. The molecule has 0 saturated heterocycles. The van der Waals surface area contributed by atoms with Crippen molar-refractivity contribution in [3.63, 3.8) is 0 Å². The number of hydrogen-bond acceptors (Lipinski definition) is 7. The summed E-state index contributed by atoms with van der Waals surface area (Å²) in [6, 6.07) is 14.3. The Kier molecular flexibility index (Phi) is 5.35. The summed E-state index contributed by atoms with van der Waals surface area (Å²) in [6.07, 6.45) is 1.54. The van der Waals surface area contributed by atoms with Crippen molar-refractivity contribution in [2.45, 2.75) is 12.8 Å². The maximum atomic E-state index is 5.39. The van der Waals surface area contributed by atoms with Crippen molar-refractivity contribution in [2.24, 2.45) is 0 Å². The minimum Gasteiger partial charge on any atom is -0.493 e. The van der Waals surface area contributed by atoms with Crippen LogP contribution in [0.15, 0.2) is 42.5 Å². The van der Waals surface area contributed by atoms with Gasteiger partial charge in [-0.1, -0.05) is 29.5 Å². The molecule has 0 spiro atoms. The number of benzene rings is 2. The van der Waals surface area contributed by atoms with Gasteiger partial charge in [0.1, 0.15) is 5.01 Å². The molecule has 0 atom stereocenters. The van der Waals surface area contributed by atoms with Crippen molar-refractivity contribution in [3.05, 3.63) is 53.9 Å². The lowest BCUT2D eigenvalue weighted by molar-refractivity contribution is 0.354. The summed E-state index contributed by atoms with van der Waals surface area (Å²) in [5, 5.41) is 14.3. The first-order valence-electron chi connectivity index (χ1n) is 9.29. The highest BCUT2D eigenvalue weighted by Crippen LogP contribution is 2.29. The highest BCUT2D eigenvalue weighted by Gasteiger charge is 2.14. The minimum atomic E-state index is 0.727. The predicted molar refractivity (Wildman–Crippen MR) is 115 cm³/mol. The van der Waals surface area contributed by atoms with Crippen molar-refractivity contribution in [2.75, 3.05) is 33.2 Å². The number of aryl methyl sites for hydroxylation is 2. The van der Waals surface area contributed by atoms with E-state index in [4.69, 9.17) is 14.6 Å². The summed E-state index contributed by atoms with van der Waals surface area (Å²) in [5.74, 6) is 2.30. The van der Waals surface area contributed by atoms with Crippen LogP contribution in [0.5, 0.6) is 11.5 Å². The summed E-state index contributed by atoms with van der Waals surface area (Å²) in [6.45, 7) is 0. The largest absolute Gasteiger partial charge is 0.493 e. The first-order valence-corrected chi connectivity index (χ1v) is 10.1. The van der Waals surface area contributed by atoms with E-state index in [1.54, 1.807) is 25.6 Å². The zero-order valence-electron chi connectivity index (χ0n) is 16.9. The molecule has 0 amide bonds. The second kappa shape index (κ2) is 8.08. The van der Waals surface area contributed by atoms with E-state index < -0.39 is 0 Å². The number of methoxy groups -OCH3 is 2. The van der Waals surface area contributed by atoms with Gasteiger partial charge in [-0.25, -0.2) is 0 Å². The Morgan fingerprint density at radius 3 is 2.55 bits per heavy atom. The molecular formula is C21H23N5O2S. The molecule has 0 fully saturated rings. The lowest BCUT2D eigenvalue weighted by Gasteiger charge is -2.12. The molecule has 0 aliphatic rings. The van der Waals surface area contributed by atoms with E-state index >= 15 is 0 Å². The fourth-order valence-electron chi connectivity index (χ4n) is 3.14. The van der Waals surface area contributed by atoms with Crippen molar-refractivity contribution in [1.29, 1.82) is 0 Å². The lowest BCUT2D eigenvalue weighted by atomic mass is 10.1. The van der Waals surface area contributed by atoms with E-state index in [0.29, 0.717) is 0 Å². The van der Waals surface area contributed by atoms with E-state index in [0.717, 1.165) is 56.9 Å². The van der Waals surface area contributed by atoms with Gasteiger partial charge in [0.05, 0.1) is 14.2 Å². The van der Waals surface area contributed by atoms with Crippen LogP contribution in [-0.2, 0) is 12.8 Å². The molecule has 4 rings (SSSR count). The number of ether oxygens (including phenoxy) is 2. The average Bonchev–Trinajstić information content (AvgIpc) is 3.33. The van der Waals surface area contributed by atoms with Crippen molar-refractivity contribution >= 4 is 22.0 Å². The molecule has 0 bridgehead atoms. The fraction of sp³-hybridized carbons (Fsp3) is 0.286. The number of hydrogen-bond donors (Lipinski definition) is 0. The van der Waals surface area contributed by atoms with Gasteiger partial charge in [0, 0.05) is 31.8 Å². The Morgan fingerprint density at radius 1 is 0.966 bits per heavy atom. The smallest absolute Gasteiger partial charge is 0.234 e. The first-order chi connectivity index (χ1) is 14.1. The maximum Gasteiger partial charge on any atom is 0.234 e. The van der Waals surface area contributed by atoms with E-state index in [2.05, 4.69) is 33.3 Å². The highest BCUT2D eigenvalue weighted by atomic mass is 32.1. The molecule has 2 heterocycles. The third-order valence-corrected chi connectivity index (χ3v) is 5.70. The monoisotopic (exact) mass is 409 g/mol. The number of nitrogens with zero attached hydrogens (tertiary/aromatic N) is 5. The molecule has 2 aromatic heterocycles. The fourth-order valence-corrected chi connectivity index (χ4v) is 3.99. The van der Waals surface area contributed by atoms with E-state index in [1.165, 1.54) is 0 Å². The normalized spacial score (nSPS) is 11.0. The lowest BCUT2D eigenvalue weighted by Crippen LogP contribution is -2.08. The molecular weight excluding hydrogens is 386 g/mol. The van der Waals surface area contributed by atoms with Crippen LogP contribution >= 0.6 is 11.3 Å². The number of anilines is 1. The Labute approximate surface area is 173 Å². The van der Waals surface area contributed by atoms with E-state index in [1.807, 2.05) is 42.9 Å². The Bertz CT molecular complexity index is 1140. The Balaban J connectivity index is 1.56. The molecule has 0 aliphatic heterocycles. The second-order valence-electron chi connectivity index (χ2n) is 6.85. The second-order valence-corrected chi connectivity index (χ2v) is 7.81. The van der Waals surface area contributed by atoms with Gasteiger partial charge in [-0.05, 0) is 36.2 Å². The van der Waals surface area contributed by atoms with Crippen LogP contribution in [-0.4, -0.2) is 48.1 Å². The molecule has 8 heteroatoms. The topological polar surface area (TPSA) is 64.8 Å². The minimum absolute atomic E-state index is 0.727. The van der Waals surface area contributed by atoms with Crippen LogP contribution in [0.2, 0.25) is 0 Å². The van der Waals surface area contributed by atoms with Gasteiger partial charge in [0.15, 0.2) is 17.3 Å². The summed E-state index contributed by atoms with van der Waals surface area (Å²) in [5.41, 5.74) is 3.37. The SMILES string of the molecule is COc1ccc(CCc2nnc3sc(-c4cccc(N(C)C)c4)nn23)cc1OC. The molecule has 0 unspecified atom stereocenters. The molecule has 4 aromatic rings. The van der Waals surface area contributed by atoms with Crippen LogP contribution in [0.25, 0.3) is 15.5 Å². The Hall–Kier alpha value is -3.13. The van der Waals surface area contributed by atoms with Crippen LogP contribution in [0, 0.1) is 0 Å². The molecule has 150 valence electrons. The number of aromatic nitrogens is 4. The van der Waals surface area contributed by atoms with Gasteiger partial charge in [-0.3, -0.25) is 0 Å². The summed E-state index contributed by atoms with van der Waals surface area (Å²) in [7, 11) is 7.35. The van der Waals surface area contributed by atoms with Crippen LogP contribution in [0.4, 0.5) is 5.69 Å². The summed E-state index contributed by atoms with van der Waals surface area (Å²) >= 11 is 1.55. The van der Waals surface area contributed by atoms with E-state index in [9.17, 15) is 0 Å². The third kappa shape index (κ3) is 3.88. The van der Waals surface area contributed by atoms with Gasteiger partial charge in [-0.15, -0.1) is 10.2 Å². The quantitative estimate of drug-likeness (QED) is 0.464. The zero-order valence-corrected chi connectivity index (χ0v) is 17.7. The molecule has 0 saturated carbocycles. The summed E-state index contributed by atoms with van der Waals surface area (Å²) < 4.78 is 12.5. The van der Waals surface area contributed by atoms with Crippen molar-refractivity contribution in [3.8, 4) is 22.1 Å². The standard InChI is InChI=1S/C21H23N5O2S/c1-25(2)16-7-5-6-15(13-16)20-24-26-19(22-23-21(26)29-20)11-9-14-8-10-17(27-3)18(12-14)28-4/h5-8,10,12-13H,9,11H2,1-4H3. The van der Waals surface area contributed by atoms with Crippen molar-refractivity contribution < 1.29 is 9.47 Å². The highest BCUT2D eigenvalue weighted by molar-refractivity contribution is 7.19. The van der Waals surface area contributed by atoms with Gasteiger partial charge < -0.3 is 14.4 Å². The summed E-state index contributed by atoms with van der Waals surface area (Å²) in [4.78, 5) is 2.88. The molecule has 0 radical (unpaired) electrons. The average molecular weight is 410 g/mol. The predicted octanol–water partition coefficient (Wildman–Crippen LogP) is 3.72. The van der Waals surface area contributed by atoms with Crippen molar-refractivity contribution in [1.82, 2.24) is 19.8 Å². The molecule has 0 aliphatic carbocycles. The van der Waals surface area contributed by atoms with Crippen LogP contribution < -0.4 is 14.4 Å². The molecule has 29 heavy (non-hydrogen) atoms. The van der Waals surface area contributed by atoms with Gasteiger partial charge in [0.25, 0.3) is 0 Å². The maximum absolute atomic E-state index is 5.39. The van der Waals surface area contributed by atoms with Gasteiger partial charge in [-0.2, -0.15) is 9.61 Å². The van der Waals surface area contributed by atoms with Gasteiger partial charge >= 0.3 is 0 Å². The van der Waals surface area contributed by atoms with Crippen LogP contribution in [0.1, 0.15) is 11.4 Å². The molecule has 7 nitrogen and oxygen atoms in total. The van der Waals surface area contributed by atoms with Crippen LogP contribution in [0.3, 0.4) is 0 Å². The Morgan fingerprint density at radius 2 is 1.79 bits per heavy atom. The third-order valence-electron chi connectivity index (χ3n) is 4.75. The van der Waals surface area contributed by atoms with Gasteiger partial charge in [0.2, 0.25) is 4.96 Å². The number of fused-ring (bicyclic) bond motifs is 1. The molecule has 2 aromatic carbocycles. The molecule has 0 N–H and O–H groups in total. The zero-order chi connectivity index (χ0) is 20.4.